The molecule has 1 heterocycles. The van der Waals surface area contributed by atoms with Gasteiger partial charge in [0, 0.05) is 0 Å². The first kappa shape index (κ1) is 12.9. The van der Waals surface area contributed by atoms with Crippen molar-refractivity contribution in [2.45, 2.75) is 26.4 Å². The number of carbonyl (C=O) groups is 1. The van der Waals surface area contributed by atoms with E-state index >= 15 is 0 Å². The van der Waals surface area contributed by atoms with Gasteiger partial charge in [-0.05, 0) is 20.8 Å². The van der Waals surface area contributed by atoms with E-state index in [1.54, 1.807) is 20.8 Å². The minimum absolute atomic E-state index is 0.235. The molecule has 8 nitrogen and oxygen atoms in total. The topological polar surface area (TPSA) is 96.5 Å². The van der Waals surface area contributed by atoms with Gasteiger partial charge in [-0.2, -0.15) is 4.68 Å². The Kier molecular flexibility index (Phi) is 3.35. The fourth-order valence-corrected chi connectivity index (χ4v) is 1.02. The lowest BCUT2D eigenvalue weighted by Crippen LogP contribution is -2.27. The molecule has 0 amide bonds. The second kappa shape index (κ2) is 4.40. The summed E-state index contributed by atoms with van der Waals surface area (Å²) in [6, 6.07) is 0. The van der Waals surface area contributed by atoms with Crippen LogP contribution in [-0.2, 0) is 4.74 Å². The predicted octanol–water partition coefficient (Wildman–Crippen LogP) is 1.58. The number of hydrogen-bond acceptors (Lipinski definition) is 6. The molecule has 0 unspecified atom stereocenters. The number of hydrogen-bond donors (Lipinski definition) is 0. The Morgan fingerprint density at radius 1 is 1.53 bits per heavy atom. The highest BCUT2D eigenvalue weighted by molar-refractivity contribution is 5.71. The molecule has 0 radical (unpaired) electrons. The predicted molar refractivity (Wildman–Crippen MR) is 57.1 cm³/mol. The van der Waals surface area contributed by atoms with Gasteiger partial charge in [-0.3, -0.25) is 10.1 Å². The Hall–Kier alpha value is -2.12. The summed E-state index contributed by atoms with van der Waals surface area (Å²) < 4.78 is 10.4. The summed E-state index contributed by atoms with van der Waals surface area (Å²) in [5, 5.41) is 14.2. The third-order valence-corrected chi connectivity index (χ3v) is 1.63. The SMILES string of the molecule is COc1nn(C(=O)OC(C)(C)C)cc1[N+](=O)[O-]. The van der Waals surface area contributed by atoms with Gasteiger partial charge < -0.3 is 9.47 Å². The largest absolute Gasteiger partial charge is 0.475 e. The van der Waals surface area contributed by atoms with E-state index in [9.17, 15) is 14.9 Å². The molecule has 1 aromatic rings. The van der Waals surface area contributed by atoms with Gasteiger partial charge in [0.2, 0.25) is 0 Å². The van der Waals surface area contributed by atoms with Crippen LogP contribution in [0.5, 0.6) is 5.88 Å². The van der Waals surface area contributed by atoms with Gasteiger partial charge in [0.15, 0.2) is 0 Å². The highest BCUT2D eigenvalue weighted by Gasteiger charge is 2.25. The van der Waals surface area contributed by atoms with Crippen LogP contribution in [0.4, 0.5) is 10.5 Å². The smallest absolute Gasteiger partial charge is 0.435 e. The molecular weight excluding hydrogens is 230 g/mol. The molecule has 0 aliphatic rings. The van der Waals surface area contributed by atoms with E-state index in [1.807, 2.05) is 0 Å². The van der Waals surface area contributed by atoms with Crippen LogP contribution in [0.25, 0.3) is 0 Å². The van der Waals surface area contributed by atoms with Gasteiger partial charge in [-0.1, -0.05) is 0 Å². The maximum absolute atomic E-state index is 11.6. The van der Waals surface area contributed by atoms with Gasteiger partial charge in [0.1, 0.15) is 11.8 Å². The number of ether oxygens (including phenoxy) is 2. The average molecular weight is 243 g/mol. The summed E-state index contributed by atoms with van der Waals surface area (Å²) in [5.74, 6) is -0.235. The van der Waals surface area contributed by atoms with Crippen LogP contribution in [-0.4, -0.2) is 33.5 Å². The van der Waals surface area contributed by atoms with Crippen molar-refractivity contribution >= 4 is 11.8 Å². The Morgan fingerprint density at radius 2 is 2.12 bits per heavy atom. The molecule has 1 rings (SSSR count). The maximum Gasteiger partial charge on any atom is 0.435 e. The maximum atomic E-state index is 11.6. The summed E-state index contributed by atoms with van der Waals surface area (Å²) in [6.07, 6.45) is 0.149. The second-order valence-corrected chi connectivity index (χ2v) is 4.21. The normalized spacial score (nSPS) is 11.1. The molecule has 0 bridgehead atoms. The zero-order chi connectivity index (χ0) is 13.2. The lowest BCUT2D eigenvalue weighted by molar-refractivity contribution is -0.385. The average Bonchev–Trinajstić information content (AvgIpc) is 2.58. The van der Waals surface area contributed by atoms with E-state index in [2.05, 4.69) is 9.84 Å². The van der Waals surface area contributed by atoms with Gasteiger partial charge in [-0.25, -0.2) is 4.79 Å². The molecule has 0 N–H and O–H groups in total. The first-order valence-electron chi connectivity index (χ1n) is 4.76. The highest BCUT2D eigenvalue weighted by Crippen LogP contribution is 2.24. The Morgan fingerprint density at radius 3 is 2.47 bits per heavy atom. The molecule has 8 heteroatoms. The standard InChI is InChI=1S/C9H13N3O5/c1-9(2,3)17-8(13)11-5-6(12(14)15)7(10-11)16-4/h5H,1-4H3. The van der Waals surface area contributed by atoms with E-state index < -0.39 is 22.3 Å². The molecule has 94 valence electrons. The van der Waals surface area contributed by atoms with Crippen molar-refractivity contribution in [3.05, 3.63) is 16.3 Å². The van der Waals surface area contributed by atoms with Crippen molar-refractivity contribution in [1.82, 2.24) is 9.78 Å². The van der Waals surface area contributed by atoms with Crippen LogP contribution in [0.15, 0.2) is 6.20 Å². The summed E-state index contributed by atoms with van der Waals surface area (Å²) in [4.78, 5) is 21.5. The van der Waals surface area contributed by atoms with Crippen LogP contribution in [0, 0.1) is 10.1 Å². The Bertz CT molecular complexity index is 446. The van der Waals surface area contributed by atoms with E-state index in [4.69, 9.17) is 4.74 Å². The zero-order valence-electron chi connectivity index (χ0n) is 9.96. The quantitative estimate of drug-likeness (QED) is 0.577. The molecule has 0 aliphatic carbocycles. The lowest BCUT2D eigenvalue weighted by Gasteiger charge is -2.18. The second-order valence-electron chi connectivity index (χ2n) is 4.21. The van der Waals surface area contributed by atoms with Crippen molar-refractivity contribution < 1.29 is 19.2 Å². The van der Waals surface area contributed by atoms with Crippen LogP contribution >= 0.6 is 0 Å². The number of carbonyl (C=O) groups excluding carboxylic acids is 1. The molecule has 0 fully saturated rings. The lowest BCUT2D eigenvalue weighted by atomic mass is 10.2. The third kappa shape index (κ3) is 3.16. The zero-order valence-corrected chi connectivity index (χ0v) is 9.96. The van der Waals surface area contributed by atoms with Crippen molar-refractivity contribution in [3.8, 4) is 5.88 Å². The molecule has 17 heavy (non-hydrogen) atoms. The molecule has 0 aromatic carbocycles. The summed E-state index contributed by atoms with van der Waals surface area (Å²) in [6.45, 7) is 5.04. The van der Waals surface area contributed by atoms with Crippen LogP contribution < -0.4 is 4.74 Å². The fraction of sp³-hybridized carbons (Fsp3) is 0.556. The van der Waals surface area contributed by atoms with Crippen molar-refractivity contribution in [2.75, 3.05) is 7.11 Å². The van der Waals surface area contributed by atoms with Crippen LogP contribution in [0.1, 0.15) is 20.8 Å². The number of nitrogens with zero attached hydrogens (tertiary/aromatic N) is 3. The van der Waals surface area contributed by atoms with E-state index in [1.165, 1.54) is 7.11 Å². The van der Waals surface area contributed by atoms with Gasteiger partial charge in [0.05, 0.1) is 12.0 Å². The van der Waals surface area contributed by atoms with Crippen LogP contribution in [0.2, 0.25) is 0 Å². The highest BCUT2D eigenvalue weighted by atomic mass is 16.6. The van der Waals surface area contributed by atoms with E-state index in [0.717, 1.165) is 10.9 Å². The van der Waals surface area contributed by atoms with E-state index in [0.29, 0.717) is 0 Å². The molecule has 0 saturated heterocycles. The summed E-state index contributed by atoms with van der Waals surface area (Å²) in [5.41, 5.74) is -1.09. The Labute approximate surface area is 97.3 Å². The monoisotopic (exact) mass is 243 g/mol. The first-order valence-corrected chi connectivity index (χ1v) is 4.76. The number of nitro groups is 1. The van der Waals surface area contributed by atoms with Crippen LogP contribution in [0.3, 0.4) is 0 Å². The molecule has 0 atom stereocenters. The molecule has 0 saturated carbocycles. The summed E-state index contributed by atoms with van der Waals surface area (Å²) >= 11 is 0. The third-order valence-electron chi connectivity index (χ3n) is 1.63. The fourth-order valence-electron chi connectivity index (χ4n) is 1.02. The van der Waals surface area contributed by atoms with Crippen molar-refractivity contribution in [1.29, 1.82) is 0 Å². The van der Waals surface area contributed by atoms with Gasteiger partial charge >= 0.3 is 17.7 Å². The molecule has 0 aliphatic heterocycles. The molecule has 0 spiro atoms. The van der Waals surface area contributed by atoms with E-state index in [-0.39, 0.29) is 5.88 Å². The van der Waals surface area contributed by atoms with Crippen molar-refractivity contribution in [2.24, 2.45) is 0 Å². The summed E-state index contributed by atoms with van der Waals surface area (Å²) in [7, 11) is 1.23. The number of methoxy groups -OCH3 is 1. The van der Waals surface area contributed by atoms with Crippen molar-refractivity contribution in [3.63, 3.8) is 0 Å². The first-order chi connectivity index (χ1) is 7.74. The Balaban J connectivity index is 3.00. The molecular formula is C9H13N3O5. The van der Waals surface area contributed by atoms with Gasteiger partial charge in [-0.15, -0.1) is 5.10 Å². The molecule has 1 aromatic heterocycles. The minimum Gasteiger partial charge on any atom is -0.475 e. The van der Waals surface area contributed by atoms with Gasteiger partial charge in [0.25, 0.3) is 0 Å². The number of rotatable bonds is 2. The minimum atomic E-state index is -0.802. The number of aromatic nitrogens is 2.